The summed E-state index contributed by atoms with van der Waals surface area (Å²) in [7, 11) is 0. The molecule has 5 heteroatoms. The zero-order valence-corrected chi connectivity index (χ0v) is 13.3. The lowest BCUT2D eigenvalue weighted by molar-refractivity contribution is 0.0950. The van der Waals surface area contributed by atoms with Crippen molar-refractivity contribution in [1.29, 1.82) is 0 Å². The summed E-state index contributed by atoms with van der Waals surface area (Å²) in [6.45, 7) is 2.33. The fraction of sp³-hybridized carbons (Fsp3) is 0.111. The van der Waals surface area contributed by atoms with Gasteiger partial charge in [-0.3, -0.25) is 4.79 Å². The smallest absolute Gasteiger partial charge is 0.251 e. The number of nitrogens with zero attached hydrogens (tertiary/aromatic N) is 1. The monoisotopic (exact) mass is 326 g/mol. The maximum absolute atomic E-state index is 12.0. The van der Waals surface area contributed by atoms with Gasteiger partial charge < -0.3 is 9.84 Å². The third-order valence-electron chi connectivity index (χ3n) is 3.43. The molecule has 0 bridgehead atoms. The third-order valence-corrected chi connectivity index (χ3v) is 3.68. The molecule has 4 nitrogen and oxygen atoms in total. The van der Waals surface area contributed by atoms with Gasteiger partial charge in [0.1, 0.15) is 5.69 Å². The number of aromatic nitrogens is 1. The molecule has 0 saturated heterocycles. The maximum Gasteiger partial charge on any atom is 0.251 e. The molecule has 0 saturated carbocycles. The van der Waals surface area contributed by atoms with E-state index in [1.807, 2.05) is 37.3 Å². The van der Waals surface area contributed by atoms with Gasteiger partial charge in [0.2, 0.25) is 0 Å². The lowest BCUT2D eigenvalue weighted by atomic mass is 10.1. The van der Waals surface area contributed by atoms with Crippen LogP contribution < -0.4 is 5.32 Å². The molecule has 1 aromatic heterocycles. The Bertz CT molecular complexity index is 808. The Morgan fingerprint density at radius 2 is 1.83 bits per heavy atom. The van der Waals surface area contributed by atoms with Crippen molar-refractivity contribution in [2.24, 2.45) is 0 Å². The van der Waals surface area contributed by atoms with Crippen LogP contribution in [0, 0.1) is 6.92 Å². The van der Waals surface area contributed by atoms with Crippen LogP contribution in [0.2, 0.25) is 5.02 Å². The van der Waals surface area contributed by atoms with Crippen LogP contribution in [0.1, 0.15) is 21.6 Å². The molecular formula is C18H15ClN2O2. The fourth-order valence-electron chi connectivity index (χ4n) is 2.12. The molecule has 1 heterocycles. The molecule has 0 unspecified atom stereocenters. The van der Waals surface area contributed by atoms with Gasteiger partial charge in [-0.05, 0) is 31.2 Å². The first-order valence-corrected chi connectivity index (χ1v) is 7.56. The van der Waals surface area contributed by atoms with E-state index in [1.54, 1.807) is 24.3 Å². The second-order valence-electron chi connectivity index (χ2n) is 5.24. The summed E-state index contributed by atoms with van der Waals surface area (Å²) in [6, 6.07) is 16.5. The number of benzene rings is 2. The summed E-state index contributed by atoms with van der Waals surface area (Å²) >= 11 is 5.81. The summed E-state index contributed by atoms with van der Waals surface area (Å²) in [5.41, 5.74) is 3.36. The first-order chi connectivity index (χ1) is 11.1. The number of nitrogens with one attached hydrogen (secondary N) is 1. The molecule has 0 aliphatic rings. The van der Waals surface area contributed by atoms with E-state index in [0.29, 0.717) is 28.6 Å². The second-order valence-corrected chi connectivity index (χ2v) is 5.67. The van der Waals surface area contributed by atoms with E-state index in [9.17, 15) is 4.79 Å². The van der Waals surface area contributed by atoms with Crippen LogP contribution >= 0.6 is 11.6 Å². The van der Waals surface area contributed by atoms with E-state index in [-0.39, 0.29) is 5.91 Å². The number of hydrogen-bond acceptors (Lipinski definition) is 3. The Hall–Kier alpha value is -2.59. The van der Waals surface area contributed by atoms with Crippen LogP contribution in [0.25, 0.3) is 11.3 Å². The van der Waals surface area contributed by atoms with Crippen molar-refractivity contribution in [1.82, 2.24) is 10.5 Å². The van der Waals surface area contributed by atoms with Crippen LogP contribution in [-0.2, 0) is 6.54 Å². The normalized spacial score (nSPS) is 10.5. The highest BCUT2D eigenvalue weighted by atomic mass is 35.5. The van der Waals surface area contributed by atoms with E-state index in [2.05, 4.69) is 10.5 Å². The van der Waals surface area contributed by atoms with Crippen molar-refractivity contribution in [3.63, 3.8) is 0 Å². The standard InChI is InChI=1S/C18H15ClN2O2/c1-12-2-4-13(5-3-12)17-10-16(21-23-17)11-20-18(22)14-6-8-15(19)9-7-14/h2-10H,11H2,1H3,(H,20,22). The van der Waals surface area contributed by atoms with Gasteiger partial charge in [-0.15, -0.1) is 0 Å². The molecule has 1 N–H and O–H groups in total. The van der Waals surface area contributed by atoms with Gasteiger partial charge in [0, 0.05) is 22.2 Å². The van der Waals surface area contributed by atoms with Crippen molar-refractivity contribution < 1.29 is 9.32 Å². The zero-order valence-electron chi connectivity index (χ0n) is 12.5. The lowest BCUT2D eigenvalue weighted by Crippen LogP contribution is -2.22. The van der Waals surface area contributed by atoms with Crippen LogP contribution in [0.15, 0.2) is 59.1 Å². The van der Waals surface area contributed by atoms with Crippen molar-refractivity contribution in [3.05, 3.63) is 76.4 Å². The Labute approximate surface area is 139 Å². The number of carbonyl (C=O) groups excluding carboxylic acids is 1. The molecule has 116 valence electrons. The summed E-state index contributed by atoms with van der Waals surface area (Å²) in [5.74, 6) is 0.502. The minimum Gasteiger partial charge on any atom is -0.356 e. The average molecular weight is 327 g/mol. The summed E-state index contributed by atoms with van der Waals surface area (Å²) in [5, 5.41) is 7.39. The molecule has 3 rings (SSSR count). The van der Waals surface area contributed by atoms with Crippen molar-refractivity contribution in [2.45, 2.75) is 13.5 Å². The molecule has 0 atom stereocenters. The van der Waals surface area contributed by atoms with Gasteiger partial charge >= 0.3 is 0 Å². The highest BCUT2D eigenvalue weighted by molar-refractivity contribution is 6.30. The van der Waals surface area contributed by atoms with Gasteiger partial charge in [0.05, 0.1) is 6.54 Å². The van der Waals surface area contributed by atoms with Crippen molar-refractivity contribution >= 4 is 17.5 Å². The summed E-state index contributed by atoms with van der Waals surface area (Å²) < 4.78 is 5.33. The molecular weight excluding hydrogens is 312 g/mol. The lowest BCUT2D eigenvalue weighted by Gasteiger charge is -2.02. The van der Waals surface area contributed by atoms with Crippen LogP contribution in [0.3, 0.4) is 0 Å². The van der Waals surface area contributed by atoms with Gasteiger partial charge in [-0.1, -0.05) is 46.6 Å². The van der Waals surface area contributed by atoms with Crippen molar-refractivity contribution in [2.75, 3.05) is 0 Å². The second kappa shape index (κ2) is 6.67. The average Bonchev–Trinajstić information content (AvgIpc) is 3.03. The number of carbonyl (C=O) groups is 1. The quantitative estimate of drug-likeness (QED) is 0.780. The molecule has 0 radical (unpaired) electrons. The molecule has 0 fully saturated rings. The molecule has 0 spiro atoms. The van der Waals surface area contributed by atoms with E-state index >= 15 is 0 Å². The molecule has 2 aromatic carbocycles. The fourth-order valence-corrected chi connectivity index (χ4v) is 2.25. The van der Waals surface area contributed by atoms with E-state index in [0.717, 1.165) is 5.56 Å². The molecule has 23 heavy (non-hydrogen) atoms. The Balaban J connectivity index is 1.64. The minimum absolute atomic E-state index is 0.179. The number of rotatable bonds is 4. The Morgan fingerprint density at radius 3 is 2.52 bits per heavy atom. The summed E-state index contributed by atoms with van der Waals surface area (Å²) in [4.78, 5) is 12.0. The van der Waals surface area contributed by atoms with Gasteiger partial charge in [0.15, 0.2) is 5.76 Å². The number of hydrogen-bond donors (Lipinski definition) is 1. The third kappa shape index (κ3) is 3.79. The number of aryl methyl sites for hydroxylation is 1. The Kier molecular flexibility index (Phi) is 4.44. The van der Waals surface area contributed by atoms with Gasteiger partial charge in [0.25, 0.3) is 5.91 Å². The predicted molar refractivity (Wildman–Crippen MR) is 89.3 cm³/mol. The van der Waals surface area contributed by atoms with E-state index < -0.39 is 0 Å². The highest BCUT2D eigenvalue weighted by Gasteiger charge is 2.09. The molecule has 3 aromatic rings. The van der Waals surface area contributed by atoms with Gasteiger partial charge in [-0.2, -0.15) is 0 Å². The summed E-state index contributed by atoms with van der Waals surface area (Å²) in [6.07, 6.45) is 0. The predicted octanol–water partition coefficient (Wildman–Crippen LogP) is 4.23. The number of halogens is 1. The van der Waals surface area contributed by atoms with Crippen LogP contribution in [-0.4, -0.2) is 11.1 Å². The van der Waals surface area contributed by atoms with E-state index in [4.69, 9.17) is 16.1 Å². The zero-order chi connectivity index (χ0) is 16.2. The first kappa shape index (κ1) is 15.3. The largest absolute Gasteiger partial charge is 0.356 e. The minimum atomic E-state index is -0.179. The Morgan fingerprint density at radius 1 is 1.13 bits per heavy atom. The highest BCUT2D eigenvalue weighted by Crippen LogP contribution is 2.20. The number of amides is 1. The van der Waals surface area contributed by atoms with Crippen LogP contribution in [0.5, 0.6) is 0 Å². The topological polar surface area (TPSA) is 55.1 Å². The maximum atomic E-state index is 12.0. The SMILES string of the molecule is Cc1ccc(-c2cc(CNC(=O)c3ccc(Cl)cc3)no2)cc1. The van der Waals surface area contributed by atoms with Crippen LogP contribution in [0.4, 0.5) is 0 Å². The first-order valence-electron chi connectivity index (χ1n) is 7.18. The molecule has 1 amide bonds. The van der Waals surface area contributed by atoms with Crippen molar-refractivity contribution in [3.8, 4) is 11.3 Å². The molecule has 0 aliphatic carbocycles. The van der Waals surface area contributed by atoms with E-state index in [1.165, 1.54) is 5.56 Å². The molecule has 0 aliphatic heterocycles. The van der Waals surface area contributed by atoms with Gasteiger partial charge in [-0.25, -0.2) is 0 Å².